The Morgan fingerprint density at radius 1 is 1.11 bits per heavy atom. The average Bonchev–Trinajstić information content (AvgIpc) is 2.46. The van der Waals surface area contributed by atoms with Crippen LogP contribution < -0.4 is 0 Å². The standard InChI is InChI=1S/C14H29O4P/c1-5-7-9-17-14(4)12-19(16,11-13(14,3)15)18-10-8-6-2/h15H,5-12H2,1-4H3. The van der Waals surface area contributed by atoms with Crippen LogP contribution in [0.1, 0.15) is 53.4 Å². The summed E-state index contributed by atoms with van der Waals surface area (Å²) in [7, 11) is -2.77. The van der Waals surface area contributed by atoms with Gasteiger partial charge in [-0.1, -0.05) is 26.7 Å². The molecule has 0 spiro atoms. The van der Waals surface area contributed by atoms with Crippen LogP contribution in [0.25, 0.3) is 0 Å². The highest BCUT2D eigenvalue weighted by Gasteiger charge is 2.58. The molecule has 0 radical (unpaired) electrons. The minimum Gasteiger partial charge on any atom is -0.387 e. The molecule has 0 aromatic rings. The van der Waals surface area contributed by atoms with E-state index < -0.39 is 18.6 Å². The fourth-order valence-corrected chi connectivity index (χ4v) is 5.81. The fraction of sp³-hybridized carbons (Fsp3) is 1.00. The summed E-state index contributed by atoms with van der Waals surface area (Å²) in [6.07, 6.45) is 4.43. The summed E-state index contributed by atoms with van der Waals surface area (Å²) >= 11 is 0. The molecule has 0 amide bonds. The number of aliphatic hydroxyl groups is 1. The van der Waals surface area contributed by atoms with Crippen LogP contribution in [0, 0.1) is 0 Å². The van der Waals surface area contributed by atoms with E-state index in [1.807, 2.05) is 6.92 Å². The number of unbranched alkanes of at least 4 members (excludes halogenated alkanes) is 2. The highest BCUT2D eigenvalue weighted by molar-refractivity contribution is 7.59. The van der Waals surface area contributed by atoms with Crippen molar-refractivity contribution in [2.24, 2.45) is 0 Å². The Morgan fingerprint density at radius 2 is 1.68 bits per heavy atom. The van der Waals surface area contributed by atoms with Crippen LogP contribution in [-0.2, 0) is 13.8 Å². The third-order valence-electron chi connectivity index (χ3n) is 3.97. The van der Waals surface area contributed by atoms with Crippen molar-refractivity contribution in [2.45, 2.75) is 64.6 Å². The van der Waals surface area contributed by atoms with Gasteiger partial charge in [0.05, 0.1) is 18.9 Å². The van der Waals surface area contributed by atoms with Gasteiger partial charge >= 0.3 is 0 Å². The molecule has 1 heterocycles. The number of hydrogen-bond donors (Lipinski definition) is 1. The normalized spacial score (nSPS) is 38.8. The first-order valence-corrected chi connectivity index (χ1v) is 9.37. The molecule has 0 saturated carbocycles. The summed E-state index contributed by atoms with van der Waals surface area (Å²) in [5.74, 6) is 0. The Balaban J connectivity index is 2.66. The molecular formula is C14H29O4P. The van der Waals surface area contributed by atoms with E-state index in [1.165, 1.54) is 0 Å². The van der Waals surface area contributed by atoms with Crippen LogP contribution in [0.5, 0.6) is 0 Å². The van der Waals surface area contributed by atoms with Crippen LogP contribution in [0.2, 0.25) is 0 Å². The van der Waals surface area contributed by atoms with Crippen molar-refractivity contribution in [3.8, 4) is 0 Å². The molecule has 19 heavy (non-hydrogen) atoms. The average molecular weight is 292 g/mol. The van der Waals surface area contributed by atoms with E-state index in [2.05, 4.69) is 13.8 Å². The highest BCUT2D eigenvalue weighted by atomic mass is 31.2. The second-order valence-corrected chi connectivity index (χ2v) is 8.54. The molecule has 114 valence electrons. The Bertz CT molecular complexity index is 329. The predicted octanol–water partition coefficient (Wildman–Crippen LogP) is 3.42. The summed E-state index contributed by atoms with van der Waals surface area (Å²) < 4.78 is 24.1. The third-order valence-corrected chi connectivity index (χ3v) is 6.81. The van der Waals surface area contributed by atoms with Crippen molar-refractivity contribution in [1.82, 2.24) is 0 Å². The molecular weight excluding hydrogens is 263 g/mol. The lowest BCUT2D eigenvalue weighted by Gasteiger charge is -2.35. The van der Waals surface area contributed by atoms with Gasteiger partial charge in [0.25, 0.3) is 0 Å². The van der Waals surface area contributed by atoms with Gasteiger partial charge in [0.15, 0.2) is 0 Å². The van der Waals surface area contributed by atoms with Crippen molar-refractivity contribution >= 4 is 7.37 Å². The fourth-order valence-electron chi connectivity index (χ4n) is 2.43. The van der Waals surface area contributed by atoms with Crippen molar-refractivity contribution in [1.29, 1.82) is 0 Å². The van der Waals surface area contributed by atoms with Crippen molar-refractivity contribution in [3.63, 3.8) is 0 Å². The van der Waals surface area contributed by atoms with Crippen molar-refractivity contribution < 1.29 is 18.9 Å². The quantitative estimate of drug-likeness (QED) is 0.550. The lowest BCUT2D eigenvalue weighted by molar-refractivity contribution is -0.135. The van der Waals surface area contributed by atoms with Gasteiger partial charge < -0.3 is 14.4 Å². The molecule has 3 unspecified atom stereocenters. The van der Waals surface area contributed by atoms with Gasteiger partial charge in [-0.05, 0) is 26.7 Å². The maximum atomic E-state index is 12.7. The van der Waals surface area contributed by atoms with Gasteiger partial charge in [-0.25, -0.2) is 0 Å². The predicted molar refractivity (Wildman–Crippen MR) is 78.1 cm³/mol. The SMILES string of the molecule is CCCCOC1(C)CP(=O)(OCCCC)CC1(C)O. The summed E-state index contributed by atoms with van der Waals surface area (Å²) in [5.41, 5.74) is -1.84. The molecule has 1 aliphatic rings. The maximum absolute atomic E-state index is 12.7. The second-order valence-electron chi connectivity index (χ2n) is 6.02. The lowest BCUT2D eigenvalue weighted by atomic mass is 9.89. The minimum absolute atomic E-state index is 0.201. The van der Waals surface area contributed by atoms with Crippen LogP contribution in [0.4, 0.5) is 0 Å². The van der Waals surface area contributed by atoms with Crippen molar-refractivity contribution in [3.05, 3.63) is 0 Å². The summed E-state index contributed by atoms with van der Waals surface area (Å²) in [6, 6.07) is 0. The Labute approximate surface area is 117 Å². The van der Waals surface area contributed by atoms with Crippen LogP contribution >= 0.6 is 7.37 Å². The number of hydrogen-bond acceptors (Lipinski definition) is 4. The first-order valence-electron chi connectivity index (χ1n) is 7.37. The van der Waals surface area contributed by atoms with Gasteiger partial charge in [0.2, 0.25) is 7.37 Å². The molecule has 0 aromatic carbocycles. The molecule has 1 saturated heterocycles. The monoisotopic (exact) mass is 292 g/mol. The highest BCUT2D eigenvalue weighted by Crippen LogP contribution is 2.61. The Morgan fingerprint density at radius 3 is 2.26 bits per heavy atom. The summed E-state index contributed by atoms with van der Waals surface area (Å²) in [6.45, 7) is 8.83. The molecule has 0 bridgehead atoms. The molecule has 5 heteroatoms. The zero-order chi connectivity index (χ0) is 14.6. The van der Waals surface area contributed by atoms with Gasteiger partial charge in [-0.3, -0.25) is 4.57 Å². The van der Waals surface area contributed by atoms with E-state index in [4.69, 9.17) is 9.26 Å². The molecule has 4 nitrogen and oxygen atoms in total. The van der Waals surface area contributed by atoms with E-state index in [0.717, 1.165) is 25.7 Å². The first kappa shape index (κ1) is 17.2. The Hall–Kier alpha value is 0.110. The van der Waals surface area contributed by atoms with Gasteiger partial charge in [0.1, 0.15) is 11.2 Å². The third kappa shape index (κ3) is 4.29. The molecule has 1 rings (SSSR count). The summed E-state index contributed by atoms with van der Waals surface area (Å²) in [5, 5.41) is 10.5. The van der Waals surface area contributed by atoms with E-state index in [1.54, 1.807) is 6.92 Å². The second kappa shape index (κ2) is 6.71. The Kier molecular flexibility index (Phi) is 6.06. The molecule has 1 fully saturated rings. The zero-order valence-corrected chi connectivity index (χ0v) is 13.7. The van der Waals surface area contributed by atoms with Gasteiger partial charge in [-0.2, -0.15) is 0 Å². The molecule has 0 aromatic heterocycles. The maximum Gasteiger partial charge on any atom is 0.209 e. The van der Waals surface area contributed by atoms with Crippen LogP contribution in [0.3, 0.4) is 0 Å². The van der Waals surface area contributed by atoms with Gasteiger partial charge in [-0.15, -0.1) is 0 Å². The molecule has 1 N–H and O–H groups in total. The largest absolute Gasteiger partial charge is 0.387 e. The lowest BCUT2D eigenvalue weighted by Crippen LogP contribution is -2.51. The van der Waals surface area contributed by atoms with E-state index in [9.17, 15) is 9.67 Å². The molecule has 0 aliphatic carbocycles. The smallest absolute Gasteiger partial charge is 0.209 e. The number of rotatable bonds is 8. The molecule has 1 aliphatic heterocycles. The summed E-state index contributed by atoms with van der Waals surface area (Å²) in [4.78, 5) is 0. The zero-order valence-electron chi connectivity index (χ0n) is 12.8. The van der Waals surface area contributed by atoms with E-state index in [0.29, 0.717) is 19.4 Å². The van der Waals surface area contributed by atoms with Crippen molar-refractivity contribution in [2.75, 3.05) is 25.5 Å². The number of ether oxygens (including phenoxy) is 1. The van der Waals surface area contributed by atoms with Crippen LogP contribution in [0.15, 0.2) is 0 Å². The first-order chi connectivity index (χ1) is 8.79. The minimum atomic E-state index is -2.77. The van der Waals surface area contributed by atoms with Gasteiger partial charge in [0, 0.05) is 6.61 Å². The topological polar surface area (TPSA) is 55.8 Å². The van der Waals surface area contributed by atoms with Crippen LogP contribution in [-0.4, -0.2) is 41.8 Å². The van der Waals surface area contributed by atoms with E-state index in [-0.39, 0.29) is 6.16 Å². The van der Waals surface area contributed by atoms with E-state index >= 15 is 0 Å². The molecule has 3 atom stereocenters.